The highest BCUT2D eigenvalue weighted by Crippen LogP contribution is 2.08. The molecule has 33 heavy (non-hydrogen) atoms. The fourth-order valence-corrected chi connectivity index (χ4v) is 2.91. The van der Waals surface area contributed by atoms with Gasteiger partial charge in [-0.15, -0.1) is 0 Å². The van der Waals surface area contributed by atoms with E-state index in [1.54, 1.807) is 27.7 Å². The Morgan fingerprint density at radius 3 is 1.79 bits per heavy atom. The average Bonchev–Trinajstić information content (AvgIpc) is 2.72. The van der Waals surface area contributed by atoms with Crippen LogP contribution < -0.4 is 27.4 Å². The van der Waals surface area contributed by atoms with Crippen LogP contribution in [0.1, 0.15) is 59.8 Å². The molecule has 0 saturated carbocycles. The van der Waals surface area contributed by atoms with Gasteiger partial charge >= 0.3 is 11.9 Å². The van der Waals surface area contributed by atoms with Crippen LogP contribution in [0.25, 0.3) is 0 Å². The molecule has 4 unspecified atom stereocenters. The van der Waals surface area contributed by atoms with E-state index in [-0.39, 0.29) is 24.7 Å². The Morgan fingerprint density at radius 2 is 1.33 bits per heavy atom. The predicted octanol–water partition coefficient (Wildman–Crippen LogP) is -0.841. The number of carbonyl (C=O) groups excluding carboxylic acids is 3. The maximum absolute atomic E-state index is 12.9. The summed E-state index contributed by atoms with van der Waals surface area (Å²) in [6.45, 7) is 7.27. The lowest BCUT2D eigenvalue weighted by atomic mass is 9.99. The monoisotopic (exact) mass is 473 g/mol. The minimum atomic E-state index is -1.30. The van der Waals surface area contributed by atoms with E-state index >= 15 is 0 Å². The molecule has 0 aromatic carbocycles. The highest BCUT2D eigenvalue weighted by atomic mass is 16.4. The van der Waals surface area contributed by atoms with Crippen LogP contribution in [-0.4, -0.2) is 70.6 Å². The number of unbranched alkanes of at least 4 members (excludes halogenated alkanes) is 1. The predicted molar refractivity (Wildman–Crippen MR) is 121 cm³/mol. The normalized spacial score (nSPS) is 14.8. The topological polar surface area (TPSA) is 214 Å². The Bertz CT molecular complexity index is 684. The fraction of sp³-hybridized carbons (Fsp3) is 0.762. The van der Waals surface area contributed by atoms with Gasteiger partial charge in [0.2, 0.25) is 17.7 Å². The zero-order valence-electron chi connectivity index (χ0n) is 19.8. The van der Waals surface area contributed by atoms with Gasteiger partial charge in [-0.3, -0.25) is 19.2 Å². The molecule has 0 radical (unpaired) electrons. The number of hydrogen-bond acceptors (Lipinski definition) is 7. The molecule has 0 saturated heterocycles. The van der Waals surface area contributed by atoms with Crippen molar-refractivity contribution in [3.63, 3.8) is 0 Å². The van der Waals surface area contributed by atoms with Crippen molar-refractivity contribution in [2.24, 2.45) is 23.3 Å². The van der Waals surface area contributed by atoms with Gasteiger partial charge in [0.15, 0.2) is 0 Å². The number of nitrogens with one attached hydrogen (secondary N) is 3. The molecular formula is C21H39N5O7. The molecule has 0 aliphatic heterocycles. The van der Waals surface area contributed by atoms with Crippen molar-refractivity contribution < 1.29 is 34.2 Å². The molecule has 190 valence electrons. The molecule has 12 heteroatoms. The summed E-state index contributed by atoms with van der Waals surface area (Å²) >= 11 is 0. The Kier molecular flexibility index (Phi) is 13.9. The number of carboxylic acid groups (broad SMARTS) is 2. The van der Waals surface area contributed by atoms with Crippen LogP contribution in [-0.2, 0) is 24.0 Å². The van der Waals surface area contributed by atoms with Crippen LogP contribution >= 0.6 is 0 Å². The van der Waals surface area contributed by atoms with Crippen molar-refractivity contribution in [3.05, 3.63) is 0 Å². The molecule has 0 fully saturated rings. The molecule has 0 aromatic rings. The number of aliphatic carboxylic acids is 2. The Hall–Kier alpha value is -2.73. The zero-order valence-corrected chi connectivity index (χ0v) is 19.8. The second kappa shape index (κ2) is 15.2. The SMILES string of the molecule is CC(C)C(N)C(=O)NC(C(=O)NC(CCC(=O)O)C(=O)NC(CCCCN)C(=O)O)C(C)C. The van der Waals surface area contributed by atoms with Gasteiger partial charge in [-0.25, -0.2) is 4.79 Å². The standard InChI is InChI=1S/C21H39N5O7/c1-11(2)16(23)19(30)26-17(12(3)4)20(31)24-13(8-9-15(27)28)18(29)25-14(21(32)33)7-5-6-10-22/h11-14,16-17H,5-10,22-23H2,1-4H3,(H,24,31)(H,25,29)(H,26,30)(H,27,28)(H,32,33). The third kappa shape index (κ3) is 11.6. The quantitative estimate of drug-likeness (QED) is 0.139. The first-order valence-corrected chi connectivity index (χ1v) is 11.1. The van der Waals surface area contributed by atoms with Gasteiger partial charge in [0, 0.05) is 6.42 Å². The van der Waals surface area contributed by atoms with E-state index in [9.17, 15) is 29.1 Å². The molecule has 0 rings (SSSR count). The Balaban J connectivity index is 5.46. The van der Waals surface area contributed by atoms with Gasteiger partial charge in [0.1, 0.15) is 18.1 Å². The summed E-state index contributed by atoms with van der Waals surface area (Å²) < 4.78 is 0. The van der Waals surface area contributed by atoms with Crippen molar-refractivity contribution in [2.75, 3.05) is 6.54 Å². The highest BCUT2D eigenvalue weighted by Gasteiger charge is 2.32. The lowest BCUT2D eigenvalue weighted by Crippen LogP contribution is -2.58. The van der Waals surface area contributed by atoms with E-state index in [2.05, 4.69) is 16.0 Å². The van der Waals surface area contributed by atoms with Crippen molar-refractivity contribution in [2.45, 2.75) is 84.0 Å². The largest absolute Gasteiger partial charge is 0.481 e. The van der Waals surface area contributed by atoms with Crippen LogP contribution in [0.5, 0.6) is 0 Å². The first kappa shape index (κ1) is 30.3. The molecule has 0 aliphatic carbocycles. The highest BCUT2D eigenvalue weighted by molar-refractivity contribution is 5.94. The number of rotatable bonds is 16. The van der Waals surface area contributed by atoms with Gasteiger partial charge in [-0.1, -0.05) is 27.7 Å². The number of carboxylic acids is 2. The van der Waals surface area contributed by atoms with E-state index < -0.39 is 60.2 Å². The van der Waals surface area contributed by atoms with E-state index in [1.807, 2.05) is 0 Å². The second-order valence-electron chi connectivity index (χ2n) is 8.68. The Labute approximate surface area is 194 Å². The van der Waals surface area contributed by atoms with Gasteiger partial charge in [0.25, 0.3) is 0 Å². The van der Waals surface area contributed by atoms with Crippen molar-refractivity contribution in [1.29, 1.82) is 0 Å². The smallest absolute Gasteiger partial charge is 0.326 e. The molecular weight excluding hydrogens is 434 g/mol. The van der Waals surface area contributed by atoms with Gasteiger partial charge < -0.3 is 37.6 Å². The molecule has 3 amide bonds. The molecule has 0 aromatic heterocycles. The minimum absolute atomic E-state index is 0.135. The van der Waals surface area contributed by atoms with Crippen molar-refractivity contribution >= 4 is 29.7 Å². The lowest BCUT2D eigenvalue weighted by Gasteiger charge is -2.27. The van der Waals surface area contributed by atoms with Crippen LogP contribution in [0.15, 0.2) is 0 Å². The molecule has 0 heterocycles. The van der Waals surface area contributed by atoms with Gasteiger partial charge in [0.05, 0.1) is 6.04 Å². The van der Waals surface area contributed by atoms with Crippen LogP contribution in [0.4, 0.5) is 0 Å². The van der Waals surface area contributed by atoms with E-state index in [0.29, 0.717) is 19.4 Å². The number of amides is 3. The van der Waals surface area contributed by atoms with Crippen molar-refractivity contribution in [1.82, 2.24) is 16.0 Å². The van der Waals surface area contributed by atoms with Crippen LogP contribution in [0.3, 0.4) is 0 Å². The van der Waals surface area contributed by atoms with E-state index in [4.69, 9.17) is 16.6 Å². The third-order valence-corrected chi connectivity index (χ3v) is 5.11. The molecule has 0 spiro atoms. The average molecular weight is 474 g/mol. The van der Waals surface area contributed by atoms with Crippen molar-refractivity contribution in [3.8, 4) is 0 Å². The number of nitrogens with two attached hydrogens (primary N) is 2. The summed E-state index contributed by atoms with van der Waals surface area (Å²) in [5.41, 5.74) is 11.2. The molecule has 4 atom stereocenters. The first-order valence-electron chi connectivity index (χ1n) is 11.1. The number of hydrogen-bond donors (Lipinski definition) is 7. The minimum Gasteiger partial charge on any atom is -0.481 e. The van der Waals surface area contributed by atoms with Crippen LogP contribution in [0.2, 0.25) is 0 Å². The molecule has 0 bridgehead atoms. The summed E-state index contributed by atoms with van der Waals surface area (Å²) in [6.07, 6.45) is 0.493. The molecule has 9 N–H and O–H groups in total. The van der Waals surface area contributed by atoms with Gasteiger partial charge in [-0.2, -0.15) is 0 Å². The summed E-state index contributed by atoms with van der Waals surface area (Å²) in [4.78, 5) is 60.5. The molecule has 12 nitrogen and oxygen atoms in total. The second-order valence-corrected chi connectivity index (χ2v) is 8.68. The summed E-state index contributed by atoms with van der Waals surface area (Å²) in [7, 11) is 0. The first-order chi connectivity index (χ1) is 15.3. The fourth-order valence-electron chi connectivity index (χ4n) is 2.91. The van der Waals surface area contributed by atoms with Gasteiger partial charge in [-0.05, 0) is 44.1 Å². The Morgan fingerprint density at radius 1 is 0.758 bits per heavy atom. The van der Waals surface area contributed by atoms with E-state index in [1.165, 1.54) is 0 Å². The summed E-state index contributed by atoms with van der Waals surface area (Å²) in [5, 5.41) is 25.8. The lowest BCUT2D eigenvalue weighted by molar-refractivity contribution is -0.143. The maximum Gasteiger partial charge on any atom is 0.326 e. The van der Waals surface area contributed by atoms with Crippen LogP contribution in [0, 0.1) is 11.8 Å². The maximum atomic E-state index is 12.9. The third-order valence-electron chi connectivity index (χ3n) is 5.11. The summed E-state index contributed by atoms with van der Waals surface area (Å²) in [5.74, 6) is -5.01. The molecule has 0 aliphatic rings. The zero-order chi connectivity index (χ0) is 25.7. The van der Waals surface area contributed by atoms with E-state index in [0.717, 1.165) is 0 Å². The summed E-state index contributed by atoms with van der Waals surface area (Å²) in [6, 6.07) is -4.38. The number of carbonyl (C=O) groups is 5.